The SMILES string of the molecule is COCCNCc1ccc(C)nc1. The number of rotatable bonds is 5. The van der Waals surface area contributed by atoms with E-state index in [-0.39, 0.29) is 0 Å². The van der Waals surface area contributed by atoms with Gasteiger partial charge in [0.15, 0.2) is 0 Å². The number of methoxy groups -OCH3 is 1. The molecule has 0 aliphatic heterocycles. The van der Waals surface area contributed by atoms with E-state index in [4.69, 9.17) is 4.74 Å². The highest BCUT2D eigenvalue weighted by atomic mass is 16.5. The molecule has 0 fully saturated rings. The van der Waals surface area contributed by atoms with Crippen LogP contribution in [0.25, 0.3) is 0 Å². The summed E-state index contributed by atoms with van der Waals surface area (Å²) in [5, 5.41) is 3.26. The van der Waals surface area contributed by atoms with E-state index in [2.05, 4.69) is 16.4 Å². The Bertz CT molecular complexity index is 233. The smallest absolute Gasteiger partial charge is 0.0587 e. The summed E-state index contributed by atoms with van der Waals surface area (Å²) in [6, 6.07) is 4.11. The number of hydrogen-bond donors (Lipinski definition) is 1. The first-order valence-corrected chi connectivity index (χ1v) is 4.44. The lowest BCUT2D eigenvalue weighted by Gasteiger charge is -2.03. The lowest BCUT2D eigenvalue weighted by molar-refractivity contribution is 0.199. The number of aryl methyl sites for hydroxylation is 1. The van der Waals surface area contributed by atoms with Crippen LogP contribution in [0.15, 0.2) is 18.3 Å². The molecule has 0 amide bonds. The molecule has 1 N–H and O–H groups in total. The van der Waals surface area contributed by atoms with E-state index in [0.717, 1.165) is 25.4 Å². The molecule has 0 saturated heterocycles. The van der Waals surface area contributed by atoms with Crippen LogP contribution in [-0.4, -0.2) is 25.2 Å². The van der Waals surface area contributed by atoms with E-state index in [0.29, 0.717) is 0 Å². The second-order valence-corrected chi connectivity index (χ2v) is 2.98. The van der Waals surface area contributed by atoms with E-state index in [1.54, 1.807) is 7.11 Å². The van der Waals surface area contributed by atoms with Crippen molar-refractivity contribution in [3.63, 3.8) is 0 Å². The average molecular weight is 180 g/mol. The molecule has 3 nitrogen and oxygen atoms in total. The third-order valence-corrected chi connectivity index (χ3v) is 1.78. The minimum Gasteiger partial charge on any atom is -0.383 e. The summed E-state index contributed by atoms with van der Waals surface area (Å²) in [6.45, 7) is 4.47. The highest BCUT2D eigenvalue weighted by Crippen LogP contribution is 1.97. The van der Waals surface area contributed by atoms with Crippen LogP contribution in [-0.2, 0) is 11.3 Å². The fourth-order valence-electron chi connectivity index (χ4n) is 1.01. The molecule has 0 bridgehead atoms. The molecule has 1 aromatic rings. The van der Waals surface area contributed by atoms with Crippen molar-refractivity contribution < 1.29 is 4.74 Å². The van der Waals surface area contributed by atoms with Crippen molar-refractivity contribution >= 4 is 0 Å². The minimum atomic E-state index is 0.749. The van der Waals surface area contributed by atoms with Crippen LogP contribution in [0, 0.1) is 6.92 Å². The molecule has 0 aromatic carbocycles. The zero-order chi connectivity index (χ0) is 9.52. The van der Waals surface area contributed by atoms with Crippen LogP contribution in [0.3, 0.4) is 0 Å². The third-order valence-electron chi connectivity index (χ3n) is 1.78. The van der Waals surface area contributed by atoms with Gasteiger partial charge in [0.2, 0.25) is 0 Å². The Balaban J connectivity index is 2.25. The van der Waals surface area contributed by atoms with Gasteiger partial charge in [-0.1, -0.05) is 6.07 Å². The molecule has 3 heteroatoms. The Morgan fingerprint density at radius 1 is 1.46 bits per heavy atom. The molecule has 0 aliphatic rings. The van der Waals surface area contributed by atoms with Gasteiger partial charge in [-0.2, -0.15) is 0 Å². The molecule has 1 rings (SSSR count). The molecule has 0 aliphatic carbocycles. The first-order chi connectivity index (χ1) is 6.33. The lowest BCUT2D eigenvalue weighted by Crippen LogP contribution is -2.18. The second kappa shape index (κ2) is 5.67. The Morgan fingerprint density at radius 2 is 2.31 bits per heavy atom. The van der Waals surface area contributed by atoms with E-state index in [1.807, 2.05) is 19.2 Å². The standard InChI is InChI=1S/C10H16N2O/c1-9-3-4-10(8-12-9)7-11-5-6-13-2/h3-4,8,11H,5-7H2,1-2H3. The number of hydrogen-bond acceptors (Lipinski definition) is 3. The molecular weight excluding hydrogens is 164 g/mol. The summed E-state index contributed by atoms with van der Waals surface area (Å²) in [7, 11) is 1.70. The van der Waals surface area contributed by atoms with Crippen molar-refractivity contribution in [2.24, 2.45) is 0 Å². The molecule has 72 valence electrons. The van der Waals surface area contributed by atoms with Gasteiger partial charge in [-0.3, -0.25) is 4.98 Å². The van der Waals surface area contributed by atoms with Gasteiger partial charge in [0.1, 0.15) is 0 Å². The number of aromatic nitrogens is 1. The molecule has 0 spiro atoms. The monoisotopic (exact) mass is 180 g/mol. The number of ether oxygens (including phenoxy) is 1. The van der Waals surface area contributed by atoms with Crippen LogP contribution >= 0.6 is 0 Å². The number of nitrogens with zero attached hydrogens (tertiary/aromatic N) is 1. The first-order valence-electron chi connectivity index (χ1n) is 4.44. The Kier molecular flexibility index (Phi) is 4.43. The Hall–Kier alpha value is -0.930. The van der Waals surface area contributed by atoms with Gasteiger partial charge in [-0.05, 0) is 18.6 Å². The van der Waals surface area contributed by atoms with Crippen LogP contribution in [0.1, 0.15) is 11.3 Å². The summed E-state index contributed by atoms with van der Waals surface area (Å²) in [6.07, 6.45) is 1.90. The van der Waals surface area contributed by atoms with E-state index in [1.165, 1.54) is 5.56 Å². The number of nitrogens with one attached hydrogen (secondary N) is 1. The van der Waals surface area contributed by atoms with Crippen molar-refractivity contribution in [2.75, 3.05) is 20.3 Å². The van der Waals surface area contributed by atoms with Crippen molar-refractivity contribution in [2.45, 2.75) is 13.5 Å². The average Bonchev–Trinajstić information content (AvgIpc) is 2.15. The first kappa shape index (κ1) is 10.2. The van der Waals surface area contributed by atoms with Gasteiger partial charge in [0.05, 0.1) is 6.61 Å². The van der Waals surface area contributed by atoms with E-state index in [9.17, 15) is 0 Å². The highest BCUT2D eigenvalue weighted by molar-refractivity contribution is 5.12. The maximum absolute atomic E-state index is 4.92. The fourth-order valence-corrected chi connectivity index (χ4v) is 1.01. The normalized spacial score (nSPS) is 10.3. The van der Waals surface area contributed by atoms with Gasteiger partial charge in [-0.25, -0.2) is 0 Å². The van der Waals surface area contributed by atoms with E-state index >= 15 is 0 Å². The topological polar surface area (TPSA) is 34.1 Å². The quantitative estimate of drug-likeness (QED) is 0.690. The maximum atomic E-state index is 4.92. The predicted molar refractivity (Wildman–Crippen MR) is 52.6 cm³/mol. The summed E-state index contributed by atoms with van der Waals surface area (Å²) < 4.78 is 4.92. The van der Waals surface area contributed by atoms with Crippen molar-refractivity contribution in [3.8, 4) is 0 Å². The van der Waals surface area contributed by atoms with Gasteiger partial charge in [0, 0.05) is 32.1 Å². The molecule has 0 saturated carbocycles. The molecule has 0 radical (unpaired) electrons. The van der Waals surface area contributed by atoms with Crippen LogP contribution < -0.4 is 5.32 Å². The number of pyridine rings is 1. The maximum Gasteiger partial charge on any atom is 0.0587 e. The molecule has 1 heterocycles. The van der Waals surface area contributed by atoms with Gasteiger partial charge in [0.25, 0.3) is 0 Å². The Morgan fingerprint density at radius 3 is 2.92 bits per heavy atom. The van der Waals surface area contributed by atoms with Gasteiger partial charge >= 0.3 is 0 Å². The lowest BCUT2D eigenvalue weighted by atomic mass is 10.2. The second-order valence-electron chi connectivity index (χ2n) is 2.98. The van der Waals surface area contributed by atoms with Crippen molar-refractivity contribution in [1.29, 1.82) is 0 Å². The summed E-state index contributed by atoms with van der Waals surface area (Å²) in [5.41, 5.74) is 2.27. The van der Waals surface area contributed by atoms with Crippen molar-refractivity contribution in [1.82, 2.24) is 10.3 Å². The van der Waals surface area contributed by atoms with E-state index < -0.39 is 0 Å². The van der Waals surface area contributed by atoms with Gasteiger partial charge in [-0.15, -0.1) is 0 Å². The largest absolute Gasteiger partial charge is 0.383 e. The van der Waals surface area contributed by atoms with Crippen LogP contribution in [0.4, 0.5) is 0 Å². The Labute approximate surface area is 79.1 Å². The summed E-state index contributed by atoms with van der Waals surface area (Å²) in [5.74, 6) is 0. The molecule has 0 unspecified atom stereocenters. The molecule has 13 heavy (non-hydrogen) atoms. The minimum absolute atomic E-state index is 0.749. The summed E-state index contributed by atoms with van der Waals surface area (Å²) >= 11 is 0. The van der Waals surface area contributed by atoms with Crippen molar-refractivity contribution in [3.05, 3.63) is 29.6 Å². The zero-order valence-electron chi connectivity index (χ0n) is 8.21. The fraction of sp³-hybridized carbons (Fsp3) is 0.500. The zero-order valence-corrected chi connectivity index (χ0v) is 8.21. The highest BCUT2D eigenvalue weighted by Gasteiger charge is 1.91. The van der Waals surface area contributed by atoms with Gasteiger partial charge < -0.3 is 10.1 Å². The third kappa shape index (κ3) is 4.01. The van der Waals surface area contributed by atoms with Crippen LogP contribution in [0.2, 0.25) is 0 Å². The van der Waals surface area contributed by atoms with Crippen LogP contribution in [0.5, 0.6) is 0 Å². The predicted octanol–water partition coefficient (Wildman–Crippen LogP) is 1.13. The molecule has 0 atom stereocenters. The molecule has 1 aromatic heterocycles. The summed E-state index contributed by atoms with van der Waals surface area (Å²) in [4.78, 5) is 4.21. The molecular formula is C10H16N2O.